The first-order valence-electron chi connectivity index (χ1n) is 6.35. The van der Waals surface area contributed by atoms with Crippen molar-refractivity contribution in [3.63, 3.8) is 0 Å². The van der Waals surface area contributed by atoms with Crippen LogP contribution in [0, 0.1) is 5.92 Å². The highest BCUT2D eigenvalue weighted by atomic mass is 32.2. The van der Waals surface area contributed by atoms with Crippen molar-refractivity contribution >= 4 is 16.9 Å². The Labute approximate surface area is 102 Å². The maximum absolute atomic E-state index is 5.55. The fourth-order valence-electron chi connectivity index (χ4n) is 2.20. The predicted molar refractivity (Wildman–Crippen MR) is 70.1 cm³/mol. The standard InChI is InChI=1S/C12H22N2OS/c1-3-11-5-7-16-12(14-11)13-8-10-4-6-15-9(10)2/h9-11H,3-8H2,1-2H3,(H,13,14). The number of nitrogens with zero attached hydrogens (tertiary/aromatic N) is 1. The molecule has 3 nitrogen and oxygen atoms in total. The molecule has 2 aliphatic heterocycles. The van der Waals surface area contributed by atoms with Gasteiger partial charge in [-0.15, -0.1) is 0 Å². The molecular weight excluding hydrogens is 220 g/mol. The molecule has 4 heteroatoms. The quantitative estimate of drug-likeness (QED) is 0.824. The van der Waals surface area contributed by atoms with Gasteiger partial charge in [0.1, 0.15) is 0 Å². The Morgan fingerprint density at radius 2 is 2.38 bits per heavy atom. The summed E-state index contributed by atoms with van der Waals surface area (Å²) in [6, 6.07) is 0.636. The summed E-state index contributed by atoms with van der Waals surface area (Å²) in [6.07, 6.45) is 4.02. The monoisotopic (exact) mass is 242 g/mol. The molecule has 0 spiro atoms. The van der Waals surface area contributed by atoms with Gasteiger partial charge in [-0.3, -0.25) is 4.99 Å². The van der Waals surface area contributed by atoms with Gasteiger partial charge in [-0.2, -0.15) is 0 Å². The van der Waals surface area contributed by atoms with Gasteiger partial charge in [-0.25, -0.2) is 0 Å². The zero-order chi connectivity index (χ0) is 11.4. The molecule has 0 aromatic rings. The molecule has 3 atom stereocenters. The van der Waals surface area contributed by atoms with Crippen LogP contribution in [0.1, 0.15) is 33.1 Å². The lowest BCUT2D eigenvalue weighted by Crippen LogP contribution is -2.37. The Hall–Kier alpha value is -0.220. The van der Waals surface area contributed by atoms with E-state index in [2.05, 4.69) is 19.2 Å². The largest absolute Gasteiger partial charge is 0.378 e. The van der Waals surface area contributed by atoms with Crippen molar-refractivity contribution in [2.24, 2.45) is 10.9 Å². The highest BCUT2D eigenvalue weighted by Gasteiger charge is 2.24. The summed E-state index contributed by atoms with van der Waals surface area (Å²) in [5.41, 5.74) is 0. The Balaban J connectivity index is 1.82. The van der Waals surface area contributed by atoms with E-state index in [1.165, 1.54) is 25.0 Å². The van der Waals surface area contributed by atoms with Crippen LogP contribution in [-0.4, -0.2) is 36.2 Å². The third-order valence-electron chi connectivity index (χ3n) is 3.53. The van der Waals surface area contributed by atoms with Crippen LogP contribution >= 0.6 is 11.8 Å². The number of amidine groups is 1. The maximum Gasteiger partial charge on any atom is 0.156 e. The Kier molecular flexibility index (Phi) is 4.53. The lowest BCUT2D eigenvalue weighted by atomic mass is 10.0. The fraction of sp³-hybridized carbons (Fsp3) is 0.917. The second-order valence-electron chi connectivity index (χ2n) is 4.66. The summed E-state index contributed by atoms with van der Waals surface area (Å²) < 4.78 is 5.55. The molecule has 2 aliphatic rings. The molecule has 92 valence electrons. The van der Waals surface area contributed by atoms with Crippen LogP contribution in [0.5, 0.6) is 0 Å². The van der Waals surface area contributed by atoms with Gasteiger partial charge in [-0.1, -0.05) is 18.7 Å². The highest BCUT2D eigenvalue weighted by Crippen LogP contribution is 2.22. The molecule has 0 aromatic carbocycles. The van der Waals surface area contributed by atoms with Gasteiger partial charge < -0.3 is 10.1 Å². The van der Waals surface area contributed by atoms with Crippen LogP contribution < -0.4 is 5.32 Å². The van der Waals surface area contributed by atoms with Gasteiger partial charge in [0, 0.05) is 30.9 Å². The number of ether oxygens (including phenoxy) is 1. The molecule has 0 aliphatic carbocycles. The normalized spacial score (nSPS) is 37.6. The van der Waals surface area contributed by atoms with E-state index in [0.717, 1.165) is 18.3 Å². The van der Waals surface area contributed by atoms with Crippen molar-refractivity contribution < 1.29 is 4.74 Å². The van der Waals surface area contributed by atoms with Crippen LogP contribution in [0.25, 0.3) is 0 Å². The van der Waals surface area contributed by atoms with E-state index < -0.39 is 0 Å². The van der Waals surface area contributed by atoms with Crippen molar-refractivity contribution in [3.05, 3.63) is 0 Å². The summed E-state index contributed by atoms with van der Waals surface area (Å²) in [7, 11) is 0. The molecule has 2 heterocycles. The molecule has 1 N–H and O–H groups in total. The van der Waals surface area contributed by atoms with Crippen LogP contribution in [0.4, 0.5) is 0 Å². The summed E-state index contributed by atoms with van der Waals surface area (Å²) >= 11 is 1.86. The van der Waals surface area contributed by atoms with E-state index >= 15 is 0 Å². The van der Waals surface area contributed by atoms with Gasteiger partial charge in [0.05, 0.1) is 6.10 Å². The van der Waals surface area contributed by atoms with E-state index in [9.17, 15) is 0 Å². The van der Waals surface area contributed by atoms with Crippen LogP contribution in [-0.2, 0) is 4.74 Å². The lowest BCUT2D eigenvalue weighted by molar-refractivity contribution is 0.107. The molecule has 2 rings (SSSR count). The number of rotatable bonds is 3. The number of aliphatic imine (C=N–C) groups is 1. The highest BCUT2D eigenvalue weighted by molar-refractivity contribution is 8.13. The summed E-state index contributed by atoms with van der Waals surface area (Å²) in [5.74, 6) is 1.83. The van der Waals surface area contributed by atoms with E-state index in [1.54, 1.807) is 0 Å². The van der Waals surface area contributed by atoms with Crippen molar-refractivity contribution in [2.45, 2.75) is 45.3 Å². The Bertz CT molecular complexity index is 257. The van der Waals surface area contributed by atoms with Gasteiger partial charge in [0.25, 0.3) is 0 Å². The number of hydrogen-bond donors (Lipinski definition) is 1. The molecule has 0 bridgehead atoms. The predicted octanol–water partition coefficient (Wildman–Crippen LogP) is 2.27. The summed E-state index contributed by atoms with van der Waals surface area (Å²) in [5, 5.41) is 4.66. The molecule has 2 saturated heterocycles. The second kappa shape index (κ2) is 5.92. The molecule has 3 unspecified atom stereocenters. The first kappa shape index (κ1) is 12.2. The zero-order valence-electron chi connectivity index (χ0n) is 10.2. The number of hydrogen-bond acceptors (Lipinski definition) is 3. The maximum atomic E-state index is 5.55. The van der Waals surface area contributed by atoms with Crippen LogP contribution in [0.15, 0.2) is 4.99 Å². The SMILES string of the molecule is CCC1CCSC(=NCC2CCOC2C)N1. The average Bonchev–Trinajstić information content (AvgIpc) is 2.72. The van der Waals surface area contributed by atoms with Gasteiger partial charge in [0.2, 0.25) is 0 Å². The van der Waals surface area contributed by atoms with Gasteiger partial charge in [0.15, 0.2) is 5.17 Å². The molecule has 16 heavy (non-hydrogen) atoms. The Morgan fingerprint density at radius 3 is 3.06 bits per heavy atom. The second-order valence-corrected chi connectivity index (χ2v) is 5.74. The van der Waals surface area contributed by atoms with E-state index in [0.29, 0.717) is 18.1 Å². The van der Waals surface area contributed by atoms with Gasteiger partial charge >= 0.3 is 0 Å². The lowest BCUT2D eigenvalue weighted by Gasteiger charge is -2.24. The molecule has 0 amide bonds. The van der Waals surface area contributed by atoms with E-state index in [1.807, 2.05) is 11.8 Å². The van der Waals surface area contributed by atoms with E-state index in [4.69, 9.17) is 9.73 Å². The minimum absolute atomic E-state index is 0.389. The molecular formula is C12H22N2OS. The first-order valence-corrected chi connectivity index (χ1v) is 7.33. The summed E-state index contributed by atoms with van der Waals surface area (Å²) in [4.78, 5) is 4.70. The van der Waals surface area contributed by atoms with Crippen molar-refractivity contribution in [2.75, 3.05) is 18.9 Å². The molecule has 0 saturated carbocycles. The van der Waals surface area contributed by atoms with Gasteiger partial charge in [-0.05, 0) is 26.2 Å². The number of nitrogens with one attached hydrogen (secondary N) is 1. The fourth-order valence-corrected chi connectivity index (χ4v) is 3.21. The molecule has 0 aromatic heterocycles. The van der Waals surface area contributed by atoms with E-state index in [-0.39, 0.29) is 0 Å². The number of thioether (sulfide) groups is 1. The average molecular weight is 242 g/mol. The van der Waals surface area contributed by atoms with Crippen molar-refractivity contribution in [1.82, 2.24) is 5.32 Å². The van der Waals surface area contributed by atoms with Crippen LogP contribution in [0.2, 0.25) is 0 Å². The first-order chi connectivity index (χ1) is 7.79. The zero-order valence-corrected chi connectivity index (χ0v) is 11.1. The topological polar surface area (TPSA) is 33.6 Å². The van der Waals surface area contributed by atoms with Crippen LogP contribution in [0.3, 0.4) is 0 Å². The molecule has 0 radical (unpaired) electrons. The Morgan fingerprint density at radius 1 is 1.50 bits per heavy atom. The smallest absolute Gasteiger partial charge is 0.156 e. The third-order valence-corrected chi connectivity index (χ3v) is 4.49. The van der Waals surface area contributed by atoms with Crippen molar-refractivity contribution in [1.29, 1.82) is 0 Å². The third kappa shape index (κ3) is 3.14. The van der Waals surface area contributed by atoms with Crippen molar-refractivity contribution in [3.8, 4) is 0 Å². The summed E-state index contributed by atoms with van der Waals surface area (Å²) in [6.45, 7) is 6.23. The minimum atomic E-state index is 0.389. The molecule has 2 fully saturated rings. The minimum Gasteiger partial charge on any atom is -0.378 e.